The lowest BCUT2D eigenvalue weighted by molar-refractivity contribution is -0.141. The number of carbonyl (C=O) groups is 2. The molecule has 0 fully saturated rings. The van der Waals surface area contributed by atoms with Gasteiger partial charge in [0.25, 0.3) is 5.56 Å². The maximum Gasteiger partial charge on any atom is 0.332 e. The first-order valence-electron chi connectivity index (χ1n) is 9.18. The van der Waals surface area contributed by atoms with Crippen LogP contribution in [0.5, 0.6) is 0 Å². The molecule has 1 heterocycles. The summed E-state index contributed by atoms with van der Waals surface area (Å²) in [6, 6.07) is 17.2. The Kier molecular flexibility index (Phi) is 5.96. The molecule has 2 N–H and O–H groups in total. The monoisotopic (exact) mass is 407 g/mol. The van der Waals surface area contributed by atoms with Gasteiger partial charge in [-0.15, -0.1) is 0 Å². The maximum absolute atomic E-state index is 12.4. The van der Waals surface area contributed by atoms with Gasteiger partial charge in [-0.05, 0) is 16.7 Å². The highest BCUT2D eigenvalue weighted by Gasteiger charge is 2.21. The summed E-state index contributed by atoms with van der Waals surface area (Å²) in [6.45, 7) is -0.640. The molecule has 0 aliphatic rings. The summed E-state index contributed by atoms with van der Waals surface area (Å²) in [6.07, 6.45) is -0.0247. The van der Waals surface area contributed by atoms with Crippen molar-refractivity contribution in [3.8, 4) is 11.1 Å². The molecule has 0 saturated carbocycles. The van der Waals surface area contributed by atoms with Crippen LogP contribution < -0.4 is 17.0 Å². The van der Waals surface area contributed by atoms with E-state index in [9.17, 15) is 19.2 Å². The number of esters is 1. The van der Waals surface area contributed by atoms with Gasteiger partial charge in [0, 0.05) is 14.1 Å². The van der Waals surface area contributed by atoms with Crippen LogP contribution in [0, 0.1) is 0 Å². The Bertz CT molecular complexity index is 1210. The quantitative estimate of drug-likeness (QED) is 0.487. The van der Waals surface area contributed by atoms with Crippen LogP contribution in [-0.2, 0) is 30.0 Å². The molecule has 0 bridgehead atoms. The van der Waals surface area contributed by atoms with E-state index < -0.39 is 29.6 Å². The molecule has 0 aliphatic carbocycles. The van der Waals surface area contributed by atoms with Gasteiger partial charge in [0.1, 0.15) is 11.4 Å². The Hall–Kier alpha value is -3.94. The van der Waals surface area contributed by atoms with Crippen molar-refractivity contribution in [3.05, 3.63) is 86.6 Å². The summed E-state index contributed by atoms with van der Waals surface area (Å²) in [5.74, 6) is -1.65. The first kappa shape index (κ1) is 20.8. The molecule has 0 spiro atoms. The van der Waals surface area contributed by atoms with E-state index in [1.807, 2.05) is 54.6 Å². The topological polar surface area (TPSA) is 113 Å². The van der Waals surface area contributed by atoms with Crippen LogP contribution in [-0.4, -0.2) is 27.5 Å². The number of hydrogen-bond acceptors (Lipinski definition) is 6. The van der Waals surface area contributed by atoms with Gasteiger partial charge >= 0.3 is 11.7 Å². The Morgan fingerprint density at radius 1 is 0.900 bits per heavy atom. The molecule has 0 aliphatic heterocycles. The number of hydrogen-bond donors (Lipinski definition) is 1. The fourth-order valence-corrected chi connectivity index (χ4v) is 3.00. The van der Waals surface area contributed by atoms with Gasteiger partial charge in [-0.3, -0.25) is 23.5 Å². The molecular formula is C22H21N3O5. The lowest BCUT2D eigenvalue weighted by atomic mass is 10.0. The zero-order valence-electron chi connectivity index (χ0n) is 16.6. The number of Topliss-reactive ketones (excluding diaryl/α,β-unsaturated/α-hetero) is 1. The molecule has 154 valence electrons. The van der Waals surface area contributed by atoms with Gasteiger partial charge in [0.2, 0.25) is 5.78 Å². The van der Waals surface area contributed by atoms with E-state index in [2.05, 4.69) is 0 Å². The van der Waals surface area contributed by atoms with Crippen LogP contribution >= 0.6 is 0 Å². The summed E-state index contributed by atoms with van der Waals surface area (Å²) in [4.78, 5) is 48.5. The second-order valence-corrected chi connectivity index (χ2v) is 6.79. The van der Waals surface area contributed by atoms with Gasteiger partial charge < -0.3 is 10.5 Å². The minimum Gasteiger partial charge on any atom is -0.457 e. The third-order valence-electron chi connectivity index (χ3n) is 4.76. The Balaban J connectivity index is 1.65. The number of nitrogens with zero attached hydrogens (tertiary/aromatic N) is 2. The Morgan fingerprint density at radius 2 is 1.50 bits per heavy atom. The van der Waals surface area contributed by atoms with Gasteiger partial charge in [0.15, 0.2) is 6.61 Å². The van der Waals surface area contributed by atoms with Gasteiger partial charge in [0.05, 0.1) is 6.42 Å². The molecule has 3 rings (SSSR count). The maximum atomic E-state index is 12.4. The molecular weight excluding hydrogens is 386 g/mol. The molecule has 0 radical (unpaired) electrons. The molecule has 8 heteroatoms. The summed E-state index contributed by atoms with van der Waals surface area (Å²) in [7, 11) is 2.59. The standard InChI is InChI=1S/C22H21N3O5/c1-24-20(23)19(21(28)25(2)22(24)29)17(26)13-30-18(27)12-14-8-10-16(11-9-14)15-6-4-3-5-7-15/h3-11H,12-13,23H2,1-2H3. The van der Waals surface area contributed by atoms with Crippen molar-refractivity contribution in [2.75, 3.05) is 12.3 Å². The largest absolute Gasteiger partial charge is 0.457 e. The van der Waals surface area contributed by atoms with Crippen molar-refractivity contribution < 1.29 is 14.3 Å². The summed E-state index contributed by atoms with van der Waals surface area (Å²) in [5.41, 5.74) is 6.69. The van der Waals surface area contributed by atoms with E-state index in [-0.39, 0.29) is 17.8 Å². The number of rotatable bonds is 6. The number of aromatic nitrogens is 2. The number of ketones is 1. The van der Waals surface area contributed by atoms with Gasteiger partial charge in [-0.25, -0.2) is 4.79 Å². The number of anilines is 1. The van der Waals surface area contributed by atoms with Crippen LogP contribution in [0.3, 0.4) is 0 Å². The summed E-state index contributed by atoms with van der Waals surface area (Å²) >= 11 is 0. The van der Waals surface area contributed by atoms with Crippen LogP contribution in [0.1, 0.15) is 15.9 Å². The zero-order chi connectivity index (χ0) is 21.8. The molecule has 8 nitrogen and oxygen atoms in total. The Labute approximate surface area is 172 Å². The zero-order valence-corrected chi connectivity index (χ0v) is 16.6. The molecule has 0 unspecified atom stereocenters. The third kappa shape index (κ3) is 4.22. The van der Waals surface area contributed by atoms with E-state index in [1.165, 1.54) is 14.1 Å². The Morgan fingerprint density at radius 3 is 2.13 bits per heavy atom. The number of ether oxygens (including phenoxy) is 1. The highest BCUT2D eigenvalue weighted by molar-refractivity contribution is 6.01. The first-order valence-corrected chi connectivity index (χ1v) is 9.18. The van der Waals surface area contributed by atoms with E-state index in [0.717, 1.165) is 25.8 Å². The number of nitrogen functional groups attached to an aromatic ring is 1. The van der Waals surface area contributed by atoms with Crippen molar-refractivity contribution in [2.45, 2.75) is 6.42 Å². The fourth-order valence-electron chi connectivity index (χ4n) is 3.00. The van der Waals surface area contributed by atoms with E-state index >= 15 is 0 Å². The molecule has 0 saturated heterocycles. The predicted octanol–water partition coefficient (Wildman–Crippen LogP) is 1.30. The second-order valence-electron chi connectivity index (χ2n) is 6.79. The highest BCUT2D eigenvalue weighted by atomic mass is 16.5. The lowest BCUT2D eigenvalue weighted by Crippen LogP contribution is -2.42. The van der Waals surface area contributed by atoms with Gasteiger partial charge in [-0.2, -0.15) is 0 Å². The van der Waals surface area contributed by atoms with Crippen LogP contribution in [0.15, 0.2) is 64.2 Å². The molecule has 0 amide bonds. The van der Waals surface area contributed by atoms with Crippen molar-refractivity contribution in [3.63, 3.8) is 0 Å². The predicted molar refractivity (Wildman–Crippen MR) is 112 cm³/mol. The lowest BCUT2D eigenvalue weighted by Gasteiger charge is -2.11. The normalized spacial score (nSPS) is 10.6. The number of carbonyl (C=O) groups excluding carboxylic acids is 2. The van der Waals surface area contributed by atoms with Crippen molar-refractivity contribution in [1.82, 2.24) is 9.13 Å². The van der Waals surface area contributed by atoms with Crippen molar-refractivity contribution in [1.29, 1.82) is 0 Å². The van der Waals surface area contributed by atoms with Crippen LogP contribution in [0.2, 0.25) is 0 Å². The van der Waals surface area contributed by atoms with E-state index in [0.29, 0.717) is 0 Å². The fraction of sp³-hybridized carbons (Fsp3) is 0.182. The molecule has 0 atom stereocenters. The third-order valence-corrected chi connectivity index (χ3v) is 4.76. The molecule has 30 heavy (non-hydrogen) atoms. The van der Waals surface area contributed by atoms with Crippen molar-refractivity contribution >= 4 is 17.6 Å². The number of benzene rings is 2. The minimum absolute atomic E-state index is 0.0247. The minimum atomic E-state index is -0.826. The molecule has 3 aromatic rings. The molecule has 1 aromatic heterocycles. The molecule has 2 aromatic carbocycles. The summed E-state index contributed by atoms with van der Waals surface area (Å²) < 4.78 is 6.79. The van der Waals surface area contributed by atoms with E-state index in [1.54, 1.807) is 0 Å². The van der Waals surface area contributed by atoms with Crippen molar-refractivity contribution in [2.24, 2.45) is 14.1 Å². The first-order chi connectivity index (χ1) is 14.3. The second kappa shape index (κ2) is 8.60. The van der Waals surface area contributed by atoms with E-state index in [4.69, 9.17) is 10.5 Å². The average molecular weight is 407 g/mol. The average Bonchev–Trinajstić information content (AvgIpc) is 2.76. The highest BCUT2D eigenvalue weighted by Crippen LogP contribution is 2.19. The van der Waals surface area contributed by atoms with Gasteiger partial charge in [-0.1, -0.05) is 54.6 Å². The summed E-state index contributed by atoms with van der Waals surface area (Å²) in [5, 5.41) is 0. The smallest absolute Gasteiger partial charge is 0.332 e. The number of nitrogens with two attached hydrogens (primary N) is 1. The van der Waals surface area contributed by atoms with Crippen LogP contribution in [0.25, 0.3) is 11.1 Å². The SMILES string of the molecule is Cn1c(N)c(C(=O)COC(=O)Cc2ccc(-c3ccccc3)cc2)c(=O)n(C)c1=O. The van der Waals surface area contributed by atoms with Crippen LogP contribution in [0.4, 0.5) is 5.82 Å².